The summed E-state index contributed by atoms with van der Waals surface area (Å²) in [5, 5.41) is 39.1. The van der Waals surface area contributed by atoms with Crippen LogP contribution in [0.4, 0.5) is 0 Å². The van der Waals surface area contributed by atoms with Crippen molar-refractivity contribution in [1.29, 1.82) is 0 Å². The van der Waals surface area contributed by atoms with E-state index in [1.165, 1.54) is 56.9 Å². The summed E-state index contributed by atoms with van der Waals surface area (Å²) in [4.78, 5) is 22.5. The van der Waals surface area contributed by atoms with Crippen LogP contribution < -0.4 is 4.74 Å². The van der Waals surface area contributed by atoms with E-state index in [-0.39, 0.29) is 36.1 Å². The number of phenols is 1. The lowest BCUT2D eigenvalue weighted by atomic mass is 9.84. The van der Waals surface area contributed by atoms with Crippen molar-refractivity contribution in [3.63, 3.8) is 0 Å². The molecule has 7 heteroatoms. The number of aromatic hydroxyl groups is 1. The van der Waals surface area contributed by atoms with E-state index in [0.717, 1.165) is 78.7 Å². The first kappa shape index (κ1) is 49.5. The van der Waals surface area contributed by atoms with Crippen LogP contribution in [0.2, 0.25) is 0 Å². The summed E-state index contributed by atoms with van der Waals surface area (Å²) in [6, 6.07) is 0. The summed E-state index contributed by atoms with van der Waals surface area (Å²) in [5.74, 6) is 2.78. The van der Waals surface area contributed by atoms with Gasteiger partial charge in [-0.3, -0.25) is 9.59 Å². The van der Waals surface area contributed by atoms with E-state index in [9.17, 15) is 24.9 Å². The van der Waals surface area contributed by atoms with E-state index in [2.05, 4.69) is 48.5 Å². The third-order valence-electron chi connectivity index (χ3n) is 12.6. The Kier molecular flexibility index (Phi) is 22.7. The number of allylic oxidation sites excluding steroid dienone is 2. The number of ketones is 1. The number of carbonyl (C=O) groups excluding carboxylic acids is 1. The minimum absolute atomic E-state index is 0.0535. The minimum atomic E-state index is -0.801. The molecule has 2 aliphatic rings. The number of Topliss-reactive ketones (excluding diaryl/α,β-unsaturated/α-hetero) is 1. The largest absolute Gasteiger partial charge is 0.507 e. The fourth-order valence-corrected chi connectivity index (χ4v) is 8.49. The van der Waals surface area contributed by atoms with E-state index in [0.29, 0.717) is 31.4 Å². The second-order valence-electron chi connectivity index (χ2n) is 18.3. The van der Waals surface area contributed by atoms with Gasteiger partial charge in [0.25, 0.3) is 0 Å². The lowest BCUT2D eigenvalue weighted by molar-refractivity contribution is -0.137. The molecule has 0 bridgehead atoms. The Labute approximate surface area is 341 Å². The molecule has 0 radical (unpaired) electrons. The van der Waals surface area contributed by atoms with E-state index in [4.69, 9.17) is 9.84 Å². The summed E-state index contributed by atoms with van der Waals surface area (Å²) < 4.78 is 6.60. The van der Waals surface area contributed by atoms with Gasteiger partial charge in [-0.25, -0.2) is 0 Å². The number of hydrogen-bond acceptors (Lipinski definition) is 6. The van der Waals surface area contributed by atoms with Crippen molar-refractivity contribution in [3.05, 3.63) is 46.6 Å². The average molecular weight is 783 g/mol. The zero-order valence-corrected chi connectivity index (χ0v) is 37.0. The van der Waals surface area contributed by atoms with Crippen LogP contribution in [0.15, 0.2) is 24.3 Å². The summed E-state index contributed by atoms with van der Waals surface area (Å²) in [6.45, 7) is 20.1. The highest BCUT2D eigenvalue weighted by atomic mass is 16.5. The molecule has 3 rings (SSSR count). The topological polar surface area (TPSA) is 124 Å². The number of aliphatic carboxylic acids is 1. The zero-order valence-electron chi connectivity index (χ0n) is 37.0. The fourth-order valence-electron chi connectivity index (χ4n) is 8.49. The van der Waals surface area contributed by atoms with Crippen molar-refractivity contribution in [3.8, 4) is 11.5 Å². The van der Waals surface area contributed by atoms with Gasteiger partial charge in [-0.05, 0) is 114 Å². The summed E-state index contributed by atoms with van der Waals surface area (Å²) in [7, 11) is 0. The summed E-state index contributed by atoms with van der Waals surface area (Å²) in [6.07, 6.45) is 26.1. The standard InChI is InChI=1S/C29H50O2.C20H32O5/c1-20(2)12-9-13-21(3)14-10-15-22(4)16-11-18-29(8)19-17-26-25(7)27(30)23(5)24(6)28(26)31-29;1-2-3-6-9-15(21)12-13-17-16(18(22)14-19(17)23)10-7-4-5-8-11-20(24)25/h20-22,30H,9-19H2,1-8H3;4,7,12-13,15-17,19,21,23H,2-3,5-6,8-11,14H2,1H3,(H,24,25)/b;7-4-,13-12+/t21-,22-,29-;15-,16+,17+,19+/m10/s1. The molecule has 1 aliphatic heterocycles. The minimum Gasteiger partial charge on any atom is -0.507 e. The van der Waals surface area contributed by atoms with Crippen LogP contribution in [0.1, 0.15) is 186 Å². The number of carbonyl (C=O) groups is 2. The Morgan fingerprint density at radius 2 is 1.52 bits per heavy atom. The van der Waals surface area contributed by atoms with Crippen molar-refractivity contribution in [2.75, 3.05) is 0 Å². The van der Waals surface area contributed by atoms with Gasteiger partial charge in [-0.1, -0.05) is 123 Å². The molecule has 1 fully saturated rings. The van der Waals surface area contributed by atoms with Gasteiger partial charge in [0, 0.05) is 30.2 Å². The molecule has 0 spiro atoms. The van der Waals surface area contributed by atoms with Crippen molar-refractivity contribution in [1.82, 2.24) is 0 Å². The Bertz CT molecular complexity index is 1380. The first-order valence-electron chi connectivity index (χ1n) is 22.4. The maximum atomic E-state index is 12.1. The van der Waals surface area contributed by atoms with E-state index >= 15 is 0 Å². The van der Waals surface area contributed by atoms with Crippen LogP contribution >= 0.6 is 0 Å². The van der Waals surface area contributed by atoms with Crippen LogP contribution in [0, 0.1) is 50.4 Å². The molecule has 56 heavy (non-hydrogen) atoms. The third-order valence-corrected chi connectivity index (χ3v) is 12.6. The monoisotopic (exact) mass is 783 g/mol. The summed E-state index contributed by atoms with van der Waals surface area (Å²) in [5.41, 5.74) is 4.23. The normalized spacial score (nSPS) is 22.6. The van der Waals surface area contributed by atoms with Crippen LogP contribution in [-0.2, 0) is 16.0 Å². The number of benzene rings is 1. The molecule has 0 saturated heterocycles. The zero-order chi connectivity index (χ0) is 41.8. The molecule has 320 valence electrons. The number of ether oxygens (including phenoxy) is 1. The molecule has 0 aromatic heterocycles. The highest BCUT2D eigenvalue weighted by Gasteiger charge is 2.39. The van der Waals surface area contributed by atoms with Crippen molar-refractivity contribution < 1.29 is 34.8 Å². The Morgan fingerprint density at radius 3 is 2.14 bits per heavy atom. The number of carboxylic acids is 1. The highest BCUT2D eigenvalue weighted by Crippen LogP contribution is 2.44. The van der Waals surface area contributed by atoms with Crippen LogP contribution in [-0.4, -0.2) is 50.0 Å². The maximum absolute atomic E-state index is 12.1. The quantitative estimate of drug-likeness (QED) is 0.0608. The summed E-state index contributed by atoms with van der Waals surface area (Å²) >= 11 is 0. The Hall–Kier alpha value is -2.64. The molecule has 1 saturated carbocycles. The van der Waals surface area contributed by atoms with Crippen molar-refractivity contribution >= 4 is 11.8 Å². The van der Waals surface area contributed by atoms with Gasteiger partial charge in [0.05, 0.1) is 12.2 Å². The Morgan fingerprint density at radius 1 is 0.875 bits per heavy atom. The number of hydrogen-bond donors (Lipinski definition) is 4. The smallest absolute Gasteiger partial charge is 0.303 e. The van der Waals surface area contributed by atoms with E-state index in [1.54, 1.807) is 12.2 Å². The lowest BCUT2D eigenvalue weighted by Gasteiger charge is -2.38. The molecule has 1 heterocycles. The second kappa shape index (κ2) is 25.7. The molecule has 0 unspecified atom stereocenters. The van der Waals surface area contributed by atoms with Crippen LogP contribution in [0.25, 0.3) is 0 Å². The molecule has 1 aromatic carbocycles. The van der Waals surface area contributed by atoms with Gasteiger partial charge >= 0.3 is 5.97 Å². The predicted octanol–water partition coefficient (Wildman–Crippen LogP) is 12.1. The molecule has 1 aliphatic carbocycles. The van der Waals surface area contributed by atoms with Gasteiger partial charge in [-0.2, -0.15) is 0 Å². The first-order valence-corrected chi connectivity index (χ1v) is 22.4. The van der Waals surface area contributed by atoms with Crippen LogP contribution in [0.5, 0.6) is 11.5 Å². The number of fused-ring (bicyclic) bond motifs is 1. The number of carboxylic acid groups (broad SMARTS) is 1. The second-order valence-corrected chi connectivity index (χ2v) is 18.3. The maximum Gasteiger partial charge on any atom is 0.303 e. The number of aliphatic hydroxyl groups is 2. The highest BCUT2D eigenvalue weighted by molar-refractivity contribution is 5.84. The first-order chi connectivity index (χ1) is 26.5. The van der Waals surface area contributed by atoms with Gasteiger partial charge in [-0.15, -0.1) is 0 Å². The molecular formula is C49H82O7. The van der Waals surface area contributed by atoms with Gasteiger partial charge in [0.2, 0.25) is 0 Å². The number of rotatable bonds is 24. The average Bonchev–Trinajstić information content (AvgIpc) is 3.41. The number of unbranched alkanes of at least 4 members (excludes halogenated alkanes) is 3. The molecule has 0 amide bonds. The molecule has 4 N–H and O–H groups in total. The fraction of sp³-hybridized carbons (Fsp3) is 0.755. The Balaban J connectivity index is 0.000000396. The van der Waals surface area contributed by atoms with Crippen molar-refractivity contribution in [2.24, 2.45) is 29.6 Å². The molecule has 1 aromatic rings. The SMILES string of the molecule is CCCCC[C@H](O)/C=C/[C@H]1[C@H](O)CC(=O)[C@@H]1C/C=C\CCCC(=O)O.Cc1c(C)c2c(c(C)c1O)CC[C@@](C)(CCC[C@H](C)CCC[C@H](C)CCCC(C)C)O2. The van der Waals surface area contributed by atoms with Crippen molar-refractivity contribution in [2.45, 2.75) is 209 Å². The molecular weight excluding hydrogens is 701 g/mol. The van der Waals surface area contributed by atoms with Crippen LogP contribution in [0.3, 0.4) is 0 Å². The van der Waals surface area contributed by atoms with Gasteiger partial charge in [0.1, 0.15) is 22.9 Å². The predicted molar refractivity (Wildman–Crippen MR) is 232 cm³/mol. The van der Waals surface area contributed by atoms with Gasteiger partial charge in [0.15, 0.2) is 0 Å². The van der Waals surface area contributed by atoms with Gasteiger partial charge < -0.3 is 25.2 Å². The number of phenolic OH excluding ortho intramolecular Hbond substituents is 1. The lowest BCUT2D eigenvalue weighted by Crippen LogP contribution is -2.37. The molecule has 7 nitrogen and oxygen atoms in total. The van der Waals surface area contributed by atoms with E-state index < -0.39 is 18.2 Å². The van der Waals surface area contributed by atoms with E-state index in [1.807, 2.05) is 26.0 Å². The number of aliphatic hydroxyl groups excluding tert-OH is 2. The molecule has 7 atom stereocenters. The third kappa shape index (κ3) is 17.5.